The van der Waals surface area contributed by atoms with Crippen molar-refractivity contribution in [1.29, 1.82) is 0 Å². The lowest BCUT2D eigenvalue weighted by molar-refractivity contribution is 0.181. The Morgan fingerprint density at radius 1 is 0.963 bits per heavy atom. The lowest BCUT2D eigenvalue weighted by Crippen LogP contribution is -2.48. The van der Waals surface area contributed by atoms with Gasteiger partial charge in [0.25, 0.3) is 0 Å². The van der Waals surface area contributed by atoms with Gasteiger partial charge in [-0.15, -0.1) is 0 Å². The standard InChI is InChI=1S/C19H22Cl2N2O3S/c1-2-26-15-6-8-16(9-7-15)27(24,25)23-12-10-22(11-13-23)14-17-18(20)4-3-5-19(17)21/h3-9H,2,10-14H2,1H3. The number of hydrogen-bond acceptors (Lipinski definition) is 4. The monoisotopic (exact) mass is 428 g/mol. The van der Waals surface area contributed by atoms with Crippen LogP contribution in [-0.4, -0.2) is 50.4 Å². The summed E-state index contributed by atoms with van der Waals surface area (Å²) in [5.74, 6) is 0.665. The molecule has 0 N–H and O–H groups in total. The fourth-order valence-electron chi connectivity index (χ4n) is 3.06. The van der Waals surface area contributed by atoms with Crippen LogP contribution in [0.5, 0.6) is 5.75 Å². The van der Waals surface area contributed by atoms with E-state index in [2.05, 4.69) is 4.90 Å². The van der Waals surface area contributed by atoms with Crippen LogP contribution in [0, 0.1) is 0 Å². The normalized spacial score (nSPS) is 16.4. The summed E-state index contributed by atoms with van der Waals surface area (Å²) in [4.78, 5) is 2.45. The Morgan fingerprint density at radius 2 is 1.56 bits per heavy atom. The molecule has 2 aromatic rings. The largest absolute Gasteiger partial charge is 0.494 e. The van der Waals surface area contributed by atoms with Crippen LogP contribution in [0.3, 0.4) is 0 Å². The Labute approximate surface area is 170 Å². The number of hydrogen-bond donors (Lipinski definition) is 0. The van der Waals surface area contributed by atoms with Crippen molar-refractivity contribution in [3.8, 4) is 5.75 Å². The zero-order valence-corrected chi connectivity index (χ0v) is 17.4. The highest BCUT2D eigenvalue weighted by atomic mass is 35.5. The van der Waals surface area contributed by atoms with E-state index in [4.69, 9.17) is 27.9 Å². The van der Waals surface area contributed by atoms with Crippen LogP contribution in [0.15, 0.2) is 47.4 Å². The van der Waals surface area contributed by atoms with Crippen molar-refractivity contribution in [2.24, 2.45) is 0 Å². The quantitative estimate of drug-likeness (QED) is 0.699. The molecule has 0 radical (unpaired) electrons. The van der Waals surface area contributed by atoms with E-state index in [1.54, 1.807) is 24.3 Å². The second-order valence-electron chi connectivity index (χ2n) is 6.28. The molecule has 1 fully saturated rings. The van der Waals surface area contributed by atoms with Crippen molar-refractivity contribution in [3.05, 3.63) is 58.1 Å². The molecule has 0 aromatic heterocycles. The molecule has 0 amide bonds. The number of ether oxygens (including phenoxy) is 1. The molecule has 1 heterocycles. The Hall–Kier alpha value is -1.31. The van der Waals surface area contributed by atoms with Gasteiger partial charge in [0.2, 0.25) is 10.0 Å². The van der Waals surface area contributed by atoms with Crippen LogP contribution in [0.2, 0.25) is 10.0 Å². The van der Waals surface area contributed by atoms with Gasteiger partial charge in [0.05, 0.1) is 11.5 Å². The third-order valence-electron chi connectivity index (χ3n) is 4.55. The van der Waals surface area contributed by atoms with E-state index in [1.165, 1.54) is 4.31 Å². The molecule has 2 aromatic carbocycles. The fourth-order valence-corrected chi connectivity index (χ4v) is 5.00. The summed E-state index contributed by atoms with van der Waals surface area (Å²) in [7, 11) is -3.51. The van der Waals surface area contributed by atoms with Gasteiger partial charge in [-0.05, 0) is 43.3 Å². The molecule has 146 valence electrons. The molecule has 1 aliphatic rings. The van der Waals surface area contributed by atoms with Crippen LogP contribution in [0.1, 0.15) is 12.5 Å². The number of benzene rings is 2. The van der Waals surface area contributed by atoms with Gasteiger partial charge in [-0.25, -0.2) is 8.42 Å². The zero-order valence-electron chi connectivity index (χ0n) is 15.1. The lowest BCUT2D eigenvalue weighted by Gasteiger charge is -2.34. The second-order valence-corrected chi connectivity index (χ2v) is 9.04. The Balaban J connectivity index is 1.64. The molecule has 0 spiro atoms. The van der Waals surface area contributed by atoms with Gasteiger partial charge in [0, 0.05) is 48.3 Å². The molecule has 27 heavy (non-hydrogen) atoms. The molecule has 3 rings (SSSR count). The molecular weight excluding hydrogens is 407 g/mol. The summed E-state index contributed by atoms with van der Waals surface area (Å²) in [6.07, 6.45) is 0. The SMILES string of the molecule is CCOc1ccc(S(=O)(=O)N2CCN(Cc3c(Cl)cccc3Cl)CC2)cc1. The summed E-state index contributed by atoms with van der Waals surface area (Å²) in [6.45, 7) is 5.14. The van der Waals surface area contributed by atoms with E-state index < -0.39 is 10.0 Å². The van der Waals surface area contributed by atoms with E-state index in [0.29, 0.717) is 55.1 Å². The molecule has 0 bridgehead atoms. The average Bonchev–Trinajstić information content (AvgIpc) is 2.66. The van der Waals surface area contributed by atoms with E-state index in [9.17, 15) is 8.42 Å². The number of nitrogens with zero attached hydrogens (tertiary/aromatic N) is 2. The van der Waals surface area contributed by atoms with Gasteiger partial charge in [-0.1, -0.05) is 29.3 Å². The third-order valence-corrected chi connectivity index (χ3v) is 7.17. The van der Waals surface area contributed by atoms with Crippen molar-refractivity contribution in [1.82, 2.24) is 9.21 Å². The van der Waals surface area contributed by atoms with Gasteiger partial charge in [-0.3, -0.25) is 4.90 Å². The molecule has 0 unspecified atom stereocenters. The minimum Gasteiger partial charge on any atom is -0.494 e. The maximum Gasteiger partial charge on any atom is 0.243 e. The van der Waals surface area contributed by atoms with Crippen molar-refractivity contribution in [2.75, 3.05) is 32.8 Å². The lowest BCUT2D eigenvalue weighted by atomic mass is 10.2. The molecule has 0 saturated carbocycles. The average molecular weight is 429 g/mol. The highest BCUT2D eigenvalue weighted by Gasteiger charge is 2.28. The summed E-state index contributed by atoms with van der Waals surface area (Å²) < 4.78 is 32.6. The van der Waals surface area contributed by atoms with Crippen LogP contribution in [0.25, 0.3) is 0 Å². The van der Waals surface area contributed by atoms with Gasteiger partial charge in [-0.2, -0.15) is 4.31 Å². The molecule has 0 aliphatic carbocycles. The molecule has 8 heteroatoms. The van der Waals surface area contributed by atoms with Crippen molar-refractivity contribution in [3.63, 3.8) is 0 Å². The van der Waals surface area contributed by atoms with Gasteiger partial charge >= 0.3 is 0 Å². The van der Waals surface area contributed by atoms with Crippen molar-refractivity contribution >= 4 is 33.2 Å². The third kappa shape index (κ3) is 4.76. The fraction of sp³-hybridized carbons (Fsp3) is 0.368. The first-order chi connectivity index (χ1) is 12.9. The van der Waals surface area contributed by atoms with Crippen molar-refractivity contribution < 1.29 is 13.2 Å². The zero-order chi connectivity index (χ0) is 19.4. The molecular formula is C19H22Cl2N2O3S. The summed E-state index contributed by atoms with van der Waals surface area (Å²) in [5.41, 5.74) is 0.878. The van der Waals surface area contributed by atoms with E-state index in [0.717, 1.165) is 5.56 Å². The van der Waals surface area contributed by atoms with Crippen LogP contribution >= 0.6 is 23.2 Å². The van der Waals surface area contributed by atoms with E-state index >= 15 is 0 Å². The molecule has 5 nitrogen and oxygen atoms in total. The van der Waals surface area contributed by atoms with E-state index in [-0.39, 0.29) is 4.90 Å². The van der Waals surface area contributed by atoms with Gasteiger partial charge in [0.15, 0.2) is 0 Å². The summed E-state index contributed by atoms with van der Waals surface area (Å²) in [5, 5.41) is 1.26. The number of sulfonamides is 1. The van der Waals surface area contributed by atoms with E-state index in [1.807, 2.05) is 25.1 Å². The Bertz CT molecular complexity index is 860. The van der Waals surface area contributed by atoms with Crippen LogP contribution in [0.4, 0.5) is 0 Å². The highest BCUT2D eigenvalue weighted by Crippen LogP contribution is 2.27. The first-order valence-electron chi connectivity index (χ1n) is 8.80. The minimum absolute atomic E-state index is 0.286. The molecule has 1 saturated heterocycles. The predicted octanol–water partition coefficient (Wildman–Crippen LogP) is 3.90. The number of piperazine rings is 1. The summed E-state index contributed by atoms with van der Waals surface area (Å²) >= 11 is 12.5. The first kappa shape index (κ1) is 20.4. The van der Waals surface area contributed by atoms with Gasteiger partial charge in [0.1, 0.15) is 5.75 Å². The predicted molar refractivity (Wildman–Crippen MR) is 108 cm³/mol. The Kier molecular flexibility index (Phi) is 6.65. The molecule has 0 atom stereocenters. The second kappa shape index (κ2) is 8.80. The topological polar surface area (TPSA) is 49.9 Å². The van der Waals surface area contributed by atoms with Gasteiger partial charge < -0.3 is 4.74 Å². The van der Waals surface area contributed by atoms with Crippen molar-refractivity contribution in [2.45, 2.75) is 18.4 Å². The van der Waals surface area contributed by atoms with Crippen LogP contribution < -0.4 is 4.74 Å². The van der Waals surface area contributed by atoms with Crippen LogP contribution in [-0.2, 0) is 16.6 Å². The maximum absolute atomic E-state index is 12.9. The smallest absolute Gasteiger partial charge is 0.243 e. The number of rotatable bonds is 6. The highest BCUT2D eigenvalue weighted by molar-refractivity contribution is 7.89. The number of halogens is 2. The Morgan fingerprint density at radius 3 is 2.11 bits per heavy atom. The minimum atomic E-state index is -3.51. The first-order valence-corrected chi connectivity index (χ1v) is 11.0. The summed E-state index contributed by atoms with van der Waals surface area (Å²) in [6, 6.07) is 12.0. The molecule has 1 aliphatic heterocycles. The maximum atomic E-state index is 12.9.